The zero-order valence-electron chi connectivity index (χ0n) is 18.8. The molecule has 10 heteroatoms. The predicted octanol–water partition coefficient (Wildman–Crippen LogP) is 5.82. The van der Waals surface area contributed by atoms with E-state index in [4.69, 9.17) is 16.3 Å². The number of anilines is 1. The second kappa shape index (κ2) is 10.1. The molecule has 1 aliphatic rings. The molecule has 0 radical (unpaired) electrons. The third-order valence-corrected chi connectivity index (χ3v) is 8.68. The van der Waals surface area contributed by atoms with Crippen molar-refractivity contribution < 1.29 is 17.9 Å². The van der Waals surface area contributed by atoms with Crippen LogP contribution in [0.2, 0.25) is 5.02 Å². The summed E-state index contributed by atoms with van der Waals surface area (Å²) < 4.78 is 48.3. The molecule has 4 heterocycles. The SMILES string of the molecule is Cc1nc2cc(F)c(-c3ccc(P4CCOCC4)nc3)nc2c(NCc2cccc(F)c2F)c1Cl. The summed E-state index contributed by atoms with van der Waals surface area (Å²) in [7, 11) is -0.375. The average Bonchev–Trinajstić information content (AvgIpc) is 2.87. The first-order chi connectivity index (χ1) is 16.9. The number of hydrogen-bond acceptors (Lipinski definition) is 5. The van der Waals surface area contributed by atoms with Gasteiger partial charge in [-0.15, -0.1) is 0 Å². The van der Waals surface area contributed by atoms with E-state index in [2.05, 4.69) is 20.3 Å². The number of aryl methyl sites for hydroxylation is 1. The molecule has 4 aromatic rings. The van der Waals surface area contributed by atoms with Gasteiger partial charge in [-0.1, -0.05) is 31.7 Å². The van der Waals surface area contributed by atoms with Crippen LogP contribution in [0.5, 0.6) is 0 Å². The van der Waals surface area contributed by atoms with Crippen LogP contribution in [0, 0.1) is 24.4 Å². The minimum atomic E-state index is -0.941. The maximum absolute atomic E-state index is 15.1. The number of pyridine rings is 3. The van der Waals surface area contributed by atoms with Gasteiger partial charge in [0.15, 0.2) is 17.5 Å². The quantitative estimate of drug-likeness (QED) is 0.339. The number of rotatable bonds is 5. The number of fused-ring (bicyclic) bond motifs is 1. The molecular weight excluding hydrogens is 496 g/mol. The van der Waals surface area contributed by atoms with Gasteiger partial charge in [0.2, 0.25) is 0 Å². The fraction of sp³-hybridized carbons (Fsp3) is 0.240. The van der Waals surface area contributed by atoms with Gasteiger partial charge in [-0.2, -0.15) is 0 Å². The van der Waals surface area contributed by atoms with Gasteiger partial charge in [0.05, 0.1) is 40.6 Å². The monoisotopic (exact) mass is 516 g/mol. The summed E-state index contributed by atoms with van der Waals surface area (Å²) >= 11 is 6.51. The van der Waals surface area contributed by atoms with Crippen molar-refractivity contribution in [2.45, 2.75) is 13.5 Å². The van der Waals surface area contributed by atoms with Gasteiger partial charge in [-0.05, 0) is 37.4 Å². The Morgan fingerprint density at radius 2 is 1.86 bits per heavy atom. The molecule has 1 aromatic carbocycles. The van der Waals surface area contributed by atoms with Crippen LogP contribution in [-0.2, 0) is 11.3 Å². The lowest BCUT2D eigenvalue weighted by molar-refractivity contribution is 0.159. The lowest BCUT2D eigenvalue weighted by Gasteiger charge is -2.22. The molecule has 0 saturated carbocycles. The smallest absolute Gasteiger partial charge is 0.163 e. The van der Waals surface area contributed by atoms with Crippen LogP contribution in [0.4, 0.5) is 18.9 Å². The highest BCUT2D eigenvalue weighted by atomic mass is 35.5. The predicted molar refractivity (Wildman–Crippen MR) is 133 cm³/mol. The van der Waals surface area contributed by atoms with Gasteiger partial charge in [0.25, 0.3) is 0 Å². The second-order valence-corrected chi connectivity index (χ2v) is 11.0. The largest absolute Gasteiger partial charge is 0.381 e. The zero-order chi connectivity index (χ0) is 24.5. The van der Waals surface area contributed by atoms with Crippen molar-refractivity contribution in [2.24, 2.45) is 0 Å². The van der Waals surface area contributed by atoms with Crippen LogP contribution >= 0.6 is 19.5 Å². The van der Waals surface area contributed by atoms with Gasteiger partial charge in [0.1, 0.15) is 11.2 Å². The first kappa shape index (κ1) is 23.9. The Hall–Kier alpha value is -2.80. The van der Waals surface area contributed by atoms with E-state index in [1.807, 2.05) is 12.1 Å². The molecule has 0 atom stereocenters. The third kappa shape index (κ3) is 4.83. The molecule has 3 aromatic heterocycles. The van der Waals surface area contributed by atoms with Crippen molar-refractivity contribution in [3.63, 3.8) is 0 Å². The standard InChI is InChI=1S/C25H21ClF3N4OP/c1-14-21(26)25(31-12-15-3-2-4-17(27)22(15)29)24-19(32-14)11-18(28)23(33-24)16-5-6-20(30-13-16)35-9-7-34-8-10-35/h2-6,11,13H,7-10,12H2,1H3,(H,31,32). The topological polar surface area (TPSA) is 59.9 Å². The summed E-state index contributed by atoms with van der Waals surface area (Å²) in [5.74, 6) is -2.42. The molecule has 5 nitrogen and oxygen atoms in total. The van der Waals surface area contributed by atoms with Crippen LogP contribution in [-0.4, -0.2) is 40.5 Å². The summed E-state index contributed by atoms with van der Waals surface area (Å²) in [5, 5.41) is 3.32. The maximum Gasteiger partial charge on any atom is 0.163 e. The van der Waals surface area contributed by atoms with E-state index in [1.54, 1.807) is 13.1 Å². The maximum atomic E-state index is 15.1. The lowest BCUT2D eigenvalue weighted by Crippen LogP contribution is -2.20. The van der Waals surface area contributed by atoms with E-state index < -0.39 is 17.5 Å². The van der Waals surface area contributed by atoms with Crippen LogP contribution < -0.4 is 10.8 Å². The van der Waals surface area contributed by atoms with Crippen LogP contribution in [0.15, 0.2) is 42.6 Å². The molecule has 0 unspecified atom stereocenters. The van der Waals surface area contributed by atoms with Crippen LogP contribution in [0.1, 0.15) is 11.3 Å². The Morgan fingerprint density at radius 1 is 1.06 bits per heavy atom. The van der Waals surface area contributed by atoms with Crippen molar-refractivity contribution in [1.82, 2.24) is 15.0 Å². The summed E-state index contributed by atoms with van der Waals surface area (Å²) in [5.41, 5.74) is 3.22. The minimum absolute atomic E-state index is 0.0419. The molecule has 0 aliphatic carbocycles. The Bertz CT molecular complexity index is 1400. The number of aromatic nitrogens is 3. The first-order valence-corrected chi connectivity index (χ1v) is 13.1. The van der Waals surface area contributed by atoms with Crippen molar-refractivity contribution >= 4 is 41.7 Å². The summed E-state index contributed by atoms with van der Waals surface area (Å²) in [6.45, 7) is 3.11. The highest BCUT2D eigenvalue weighted by molar-refractivity contribution is 7.65. The molecule has 1 fully saturated rings. The molecule has 35 heavy (non-hydrogen) atoms. The normalized spacial score (nSPS) is 14.4. The molecule has 1 aliphatic heterocycles. The Kier molecular flexibility index (Phi) is 6.87. The van der Waals surface area contributed by atoms with Crippen molar-refractivity contribution in [1.29, 1.82) is 0 Å². The number of halogens is 4. The van der Waals surface area contributed by atoms with Crippen LogP contribution in [0.3, 0.4) is 0 Å². The summed E-state index contributed by atoms with van der Waals surface area (Å²) in [4.78, 5) is 13.5. The van der Waals surface area contributed by atoms with E-state index in [-0.39, 0.29) is 30.7 Å². The summed E-state index contributed by atoms with van der Waals surface area (Å²) in [6.07, 6.45) is 3.56. The van der Waals surface area contributed by atoms with E-state index in [1.165, 1.54) is 18.2 Å². The second-order valence-electron chi connectivity index (χ2n) is 8.14. The number of ether oxygens (including phenoxy) is 1. The Labute approximate surface area is 206 Å². The molecule has 5 rings (SSSR count). The van der Waals surface area contributed by atoms with E-state index in [0.29, 0.717) is 28.0 Å². The van der Waals surface area contributed by atoms with Gasteiger partial charge in [-0.3, -0.25) is 4.98 Å². The number of benzene rings is 1. The van der Waals surface area contributed by atoms with Crippen molar-refractivity contribution in [2.75, 3.05) is 30.9 Å². The van der Waals surface area contributed by atoms with Crippen LogP contribution in [0.25, 0.3) is 22.3 Å². The molecule has 1 saturated heterocycles. The number of nitrogens with one attached hydrogen (secondary N) is 1. The van der Waals surface area contributed by atoms with Crippen molar-refractivity contribution in [3.05, 3.63) is 76.3 Å². The fourth-order valence-electron chi connectivity index (χ4n) is 4.00. The highest BCUT2D eigenvalue weighted by Gasteiger charge is 2.20. The molecular formula is C25H21ClF3N4OP. The molecule has 0 bridgehead atoms. The Morgan fingerprint density at radius 3 is 2.60 bits per heavy atom. The van der Waals surface area contributed by atoms with Gasteiger partial charge in [-0.25, -0.2) is 23.1 Å². The van der Waals surface area contributed by atoms with E-state index in [9.17, 15) is 8.78 Å². The fourth-order valence-corrected chi connectivity index (χ4v) is 6.09. The highest BCUT2D eigenvalue weighted by Crippen LogP contribution is 2.37. The minimum Gasteiger partial charge on any atom is -0.381 e. The lowest BCUT2D eigenvalue weighted by atomic mass is 10.1. The molecule has 0 spiro atoms. The average molecular weight is 517 g/mol. The van der Waals surface area contributed by atoms with E-state index in [0.717, 1.165) is 37.0 Å². The first-order valence-electron chi connectivity index (χ1n) is 11.0. The number of nitrogens with zero attached hydrogens (tertiary/aromatic N) is 3. The van der Waals surface area contributed by atoms with E-state index >= 15 is 4.39 Å². The third-order valence-electron chi connectivity index (χ3n) is 5.86. The number of hydrogen-bond donors (Lipinski definition) is 1. The van der Waals surface area contributed by atoms with Gasteiger partial charge < -0.3 is 10.1 Å². The zero-order valence-corrected chi connectivity index (χ0v) is 20.4. The van der Waals surface area contributed by atoms with Gasteiger partial charge in [0, 0.05) is 29.9 Å². The summed E-state index contributed by atoms with van der Waals surface area (Å²) in [6, 6.07) is 8.99. The Balaban J connectivity index is 1.52. The molecule has 1 N–H and O–H groups in total. The molecule has 0 amide bonds. The van der Waals surface area contributed by atoms with Crippen molar-refractivity contribution in [3.8, 4) is 11.3 Å². The molecule has 180 valence electrons. The van der Waals surface area contributed by atoms with Gasteiger partial charge >= 0.3 is 0 Å².